The molecule has 1 heterocycles. The Hall–Kier alpha value is -0.610. The van der Waals surface area contributed by atoms with Crippen LogP contribution in [0.1, 0.15) is 40.0 Å². The van der Waals surface area contributed by atoms with Crippen molar-refractivity contribution in [2.45, 2.75) is 51.6 Å². The van der Waals surface area contributed by atoms with Crippen molar-refractivity contribution >= 4 is 5.97 Å². The van der Waals surface area contributed by atoms with Gasteiger partial charge < -0.3 is 10.4 Å². The average Bonchev–Trinajstić information content (AvgIpc) is 2.65. The summed E-state index contributed by atoms with van der Waals surface area (Å²) in [6, 6.07) is 0.567. The molecule has 1 aliphatic heterocycles. The molecule has 16 heavy (non-hydrogen) atoms. The van der Waals surface area contributed by atoms with Gasteiger partial charge in [-0.1, -0.05) is 13.8 Å². The van der Waals surface area contributed by atoms with Crippen LogP contribution in [0, 0.1) is 0 Å². The molecule has 0 aromatic carbocycles. The molecule has 1 rings (SSSR count). The number of nitrogens with zero attached hydrogens (tertiary/aromatic N) is 1. The summed E-state index contributed by atoms with van der Waals surface area (Å²) in [5, 5.41) is 12.4. The molecule has 0 amide bonds. The molecular formula is C12H24N2O2. The van der Waals surface area contributed by atoms with Crippen molar-refractivity contribution in [1.29, 1.82) is 0 Å². The van der Waals surface area contributed by atoms with Crippen LogP contribution in [0.15, 0.2) is 0 Å². The van der Waals surface area contributed by atoms with E-state index in [4.69, 9.17) is 0 Å². The zero-order valence-corrected chi connectivity index (χ0v) is 10.6. The number of hydrogen-bond acceptors (Lipinski definition) is 3. The minimum absolute atomic E-state index is 0.567. The number of rotatable bonds is 6. The number of carboxylic acid groups (broad SMARTS) is 1. The fraction of sp³-hybridized carbons (Fsp3) is 0.917. The van der Waals surface area contributed by atoms with E-state index in [0.29, 0.717) is 19.1 Å². The van der Waals surface area contributed by atoms with Crippen molar-refractivity contribution in [1.82, 2.24) is 10.2 Å². The van der Waals surface area contributed by atoms with E-state index in [1.54, 1.807) is 6.92 Å². The summed E-state index contributed by atoms with van der Waals surface area (Å²) in [6.07, 6.45) is 3.51. The van der Waals surface area contributed by atoms with E-state index in [1.165, 1.54) is 12.8 Å². The van der Waals surface area contributed by atoms with Gasteiger partial charge in [0.15, 0.2) is 0 Å². The number of likely N-dealkylation sites (N-methyl/N-ethyl adjacent to an activating group) is 1. The maximum absolute atomic E-state index is 11.3. The van der Waals surface area contributed by atoms with Crippen molar-refractivity contribution in [3.63, 3.8) is 0 Å². The molecule has 4 heteroatoms. The van der Waals surface area contributed by atoms with Gasteiger partial charge >= 0.3 is 5.97 Å². The first kappa shape index (κ1) is 13.5. The first-order valence-electron chi connectivity index (χ1n) is 6.26. The molecule has 2 unspecified atom stereocenters. The predicted molar refractivity (Wildman–Crippen MR) is 64.6 cm³/mol. The molecular weight excluding hydrogens is 204 g/mol. The van der Waals surface area contributed by atoms with Gasteiger partial charge in [0, 0.05) is 12.6 Å². The van der Waals surface area contributed by atoms with Crippen molar-refractivity contribution in [2.75, 3.05) is 19.6 Å². The second-order valence-electron chi connectivity index (χ2n) is 4.84. The highest BCUT2D eigenvalue weighted by molar-refractivity contribution is 5.78. The van der Waals surface area contributed by atoms with Crippen LogP contribution in [0.4, 0.5) is 0 Å². The fourth-order valence-electron chi connectivity index (χ4n) is 2.56. The molecule has 1 aliphatic rings. The van der Waals surface area contributed by atoms with Crippen molar-refractivity contribution in [3.05, 3.63) is 0 Å². The zero-order chi connectivity index (χ0) is 12.2. The summed E-state index contributed by atoms with van der Waals surface area (Å²) >= 11 is 0. The van der Waals surface area contributed by atoms with Gasteiger partial charge in [-0.05, 0) is 39.3 Å². The number of aliphatic carboxylic acids is 1. The normalized spacial score (nSPS) is 25.6. The summed E-state index contributed by atoms with van der Waals surface area (Å²) in [5.41, 5.74) is -0.813. The molecule has 94 valence electrons. The first-order chi connectivity index (χ1) is 7.53. The minimum Gasteiger partial charge on any atom is -0.480 e. The SMILES string of the molecule is CCNC(C)(CN1CCCC1CC)C(=O)O. The van der Waals surface area contributed by atoms with E-state index in [-0.39, 0.29) is 0 Å². The molecule has 0 radical (unpaired) electrons. The van der Waals surface area contributed by atoms with E-state index in [0.717, 1.165) is 13.0 Å². The monoisotopic (exact) mass is 228 g/mol. The van der Waals surface area contributed by atoms with Gasteiger partial charge in [0.25, 0.3) is 0 Å². The number of hydrogen-bond donors (Lipinski definition) is 2. The van der Waals surface area contributed by atoms with Gasteiger partial charge in [-0.3, -0.25) is 9.69 Å². The van der Waals surface area contributed by atoms with Gasteiger partial charge in [0.1, 0.15) is 5.54 Å². The Morgan fingerprint density at radius 3 is 2.75 bits per heavy atom. The number of nitrogens with one attached hydrogen (secondary N) is 1. The molecule has 0 aromatic rings. The summed E-state index contributed by atoms with van der Waals surface area (Å²) < 4.78 is 0. The Morgan fingerprint density at radius 2 is 2.25 bits per heavy atom. The number of likely N-dealkylation sites (tertiary alicyclic amines) is 1. The summed E-state index contributed by atoms with van der Waals surface area (Å²) in [4.78, 5) is 13.6. The lowest BCUT2D eigenvalue weighted by molar-refractivity contribution is -0.145. The Balaban J connectivity index is 2.64. The lowest BCUT2D eigenvalue weighted by atomic mass is 10.0. The van der Waals surface area contributed by atoms with Gasteiger partial charge in [0.05, 0.1) is 0 Å². The van der Waals surface area contributed by atoms with Gasteiger partial charge in [-0.2, -0.15) is 0 Å². The maximum Gasteiger partial charge on any atom is 0.324 e. The zero-order valence-electron chi connectivity index (χ0n) is 10.6. The third kappa shape index (κ3) is 2.95. The average molecular weight is 228 g/mol. The molecule has 0 spiro atoms. The Labute approximate surface area is 98.0 Å². The summed E-state index contributed by atoms with van der Waals surface area (Å²) in [6.45, 7) is 8.23. The molecule has 2 atom stereocenters. The molecule has 0 bridgehead atoms. The Kier molecular flexibility index (Phi) is 4.74. The molecule has 2 N–H and O–H groups in total. The van der Waals surface area contributed by atoms with Crippen LogP contribution in [0.3, 0.4) is 0 Å². The summed E-state index contributed by atoms with van der Waals surface area (Å²) in [7, 11) is 0. The van der Waals surface area contributed by atoms with Crippen LogP contribution in [-0.2, 0) is 4.79 Å². The number of carboxylic acids is 1. The first-order valence-corrected chi connectivity index (χ1v) is 6.26. The molecule has 0 aliphatic carbocycles. The van der Waals surface area contributed by atoms with Crippen molar-refractivity contribution in [2.24, 2.45) is 0 Å². The van der Waals surface area contributed by atoms with Crippen LogP contribution in [0.5, 0.6) is 0 Å². The standard InChI is InChI=1S/C12H24N2O2/c1-4-10-7-6-8-14(10)9-12(3,11(15)16)13-5-2/h10,13H,4-9H2,1-3H3,(H,15,16). The van der Waals surface area contributed by atoms with Crippen molar-refractivity contribution in [3.8, 4) is 0 Å². The molecule has 0 aromatic heterocycles. The third-order valence-electron chi connectivity index (χ3n) is 3.53. The van der Waals surface area contributed by atoms with Gasteiger partial charge in [-0.25, -0.2) is 0 Å². The van der Waals surface area contributed by atoms with E-state index >= 15 is 0 Å². The molecule has 1 saturated heterocycles. The fourth-order valence-corrected chi connectivity index (χ4v) is 2.56. The van der Waals surface area contributed by atoms with Gasteiger partial charge in [-0.15, -0.1) is 0 Å². The number of carbonyl (C=O) groups is 1. The topological polar surface area (TPSA) is 52.6 Å². The Bertz CT molecular complexity index is 245. The lowest BCUT2D eigenvalue weighted by Crippen LogP contribution is -2.57. The second kappa shape index (κ2) is 5.64. The second-order valence-corrected chi connectivity index (χ2v) is 4.84. The molecule has 0 saturated carbocycles. The highest BCUT2D eigenvalue weighted by atomic mass is 16.4. The van der Waals surface area contributed by atoms with Crippen LogP contribution < -0.4 is 5.32 Å². The van der Waals surface area contributed by atoms with E-state index in [1.807, 2.05) is 6.92 Å². The quantitative estimate of drug-likeness (QED) is 0.720. The third-order valence-corrected chi connectivity index (χ3v) is 3.53. The highest BCUT2D eigenvalue weighted by Gasteiger charge is 2.37. The maximum atomic E-state index is 11.3. The van der Waals surface area contributed by atoms with E-state index in [2.05, 4.69) is 17.1 Å². The lowest BCUT2D eigenvalue weighted by Gasteiger charge is -2.33. The van der Waals surface area contributed by atoms with E-state index < -0.39 is 11.5 Å². The van der Waals surface area contributed by atoms with Crippen LogP contribution in [0.2, 0.25) is 0 Å². The summed E-state index contributed by atoms with van der Waals surface area (Å²) in [5.74, 6) is -0.754. The minimum atomic E-state index is -0.813. The highest BCUT2D eigenvalue weighted by Crippen LogP contribution is 2.22. The van der Waals surface area contributed by atoms with Crippen LogP contribution in [0.25, 0.3) is 0 Å². The molecule has 1 fully saturated rings. The van der Waals surface area contributed by atoms with Crippen LogP contribution >= 0.6 is 0 Å². The largest absolute Gasteiger partial charge is 0.480 e. The van der Waals surface area contributed by atoms with E-state index in [9.17, 15) is 9.90 Å². The molecule has 4 nitrogen and oxygen atoms in total. The predicted octanol–water partition coefficient (Wildman–Crippen LogP) is 1.31. The van der Waals surface area contributed by atoms with Gasteiger partial charge in [0.2, 0.25) is 0 Å². The Morgan fingerprint density at radius 1 is 1.56 bits per heavy atom. The van der Waals surface area contributed by atoms with Crippen LogP contribution in [-0.4, -0.2) is 47.2 Å². The smallest absolute Gasteiger partial charge is 0.324 e. The van der Waals surface area contributed by atoms with Crippen molar-refractivity contribution < 1.29 is 9.90 Å².